The maximum atomic E-state index is 11.2. The lowest BCUT2D eigenvalue weighted by Gasteiger charge is -2.09. The Kier molecular flexibility index (Phi) is 34.8. The monoisotopic (exact) mass is 614 g/mol. The predicted molar refractivity (Wildman–Crippen MR) is 152 cm³/mol. The molecule has 0 rings (SSSR count). The van der Waals surface area contributed by atoms with Gasteiger partial charge in [-0.3, -0.25) is 0 Å². The Morgan fingerprint density at radius 1 is 0.405 bits per heavy atom. The standard InChI is InChI=1S/C28H54O14/c1-27(2)28(30)42-26-25-41-24-23-40-22-21-39-20-19-38-18-17-37-16-15-36-14-13-35-12-11-34-10-9-33-8-7-32-6-5-31-4-3-29/h29H,1,3-26H2,2H3. The van der Waals surface area contributed by atoms with E-state index in [-0.39, 0.29) is 13.2 Å². The van der Waals surface area contributed by atoms with E-state index in [1.165, 1.54) is 0 Å². The van der Waals surface area contributed by atoms with Gasteiger partial charge in [-0.1, -0.05) is 6.58 Å². The van der Waals surface area contributed by atoms with Crippen LogP contribution in [0.3, 0.4) is 0 Å². The van der Waals surface area contributed by atoms with E-state index < -0.39 is 5.97 Å². The number of hydrogen-bond acceptors (Lipinski definition) is 14. The maximum Gasteiger partial charge on any atom is 0.333 e. The Bertz CT molecular complexity index is 567. The van der Waals surface area contributed by atoms with Gasteiger partial charge in [-0.25, -0.2) is 4.79 Å². The second-order valence-electron chi connectivity index (χ2n) is 8.38. The van der Waals surface area contributed by atoms with Gasteiger partial charge in [0.05, 0.1) is 152 Å². The molecule has 0 aliphatic carbocycles. The Morgan fingerprint density at radius 3 is 0.786 bits per heavy atom. The molecule has 14 nitrogen and oxygen atoms in total. The third-order valence-corrected chi connectivity index (χ3v) is 4.76. The van der Waals surface area contributed by atoms with E-state index >= 15 is 0 Å². The van der Waals surface area contributed by atoms with E-state index in [0.717, 1.165) is 0 Å². The van der Waals surface area contributed by atoms with Crippen LogP contribution in [0.4, 0.5) is 0 Å². The van der Waals surface area contributed by atoms with Crippen LogP contribution in [0.25, 0.3) is 0 Å². The second-order valence-corrected chi connectivity index (χ2v) is 8.38. The van der Waals surface area contributed by atoms with Gasteiger partial charge in [-0.2, -0.15) is 0 Å². The van der Waals surface area contributed by atoms with Crippen LogP contribution in [0, 0.1) is 0 Å². The van der Waals surface area contributed by atoms with Crippen molar-refractivity contribution < 1.29 is 66.7 Å². The van der Waals surface area contributed by atoms with Gasteiger partial charge < -0.3 is 61.9 Å². The first-order valence-corrected chi connectivity index (χ1v) is 14.5. The highest BCUT2D eigenvalue weighted by atomic mass is 16.6. The highest BCUT2D eigenvalue weighted by Gasteiger charge is 2.02. The molecule has 0 bridgehead atoms. The minimum atomic E-state index is -0.414. The summed E-state index contributed by atoms with van der Waals surface area (Å²) in [4.78, 5) is 11.2. The zero-order chi connectivity index (χ0) is 30.6. The molecular weight excluding hydrogens is 560 g/mol. The van der Waals surface area contributed by atoms with E-state index in [1.807, 2.05) is 0 Å². The molecule has 0 radical (unpaired) electrons. The summed E-state index contributed by atoms with van der Waals surface area (Å²) >= 11 is 0. The molecule has 0 aromatic carbocycles. The summed E-state index contributed by atoms with van der Waals surface area (Å²) in [7, 11) is 0. The summed E-state index contributed by atoms with van der Waals surface area (Å²) < 4.78 is 64.0. The van der Waals surface area contributed by atoms with Crippen LogP contribution < -0.4 is 0 Å². The molecule has 0 saturated heterocycles. The summed E-state index contributed by atoms with van der Waals surface area (Å²) in [6.45, 7) is 15.6. The van der Waals surface area contributed by atoms with Crippen molar-refractivity contribution in [1.29, 1.82) is 0 Å². The van der Waals surface area contributed by atoms with Crippen molar-refractivity contribution in [2.24, 2.45) is 0 Å². The summed E-state index contributed by atoms with van der Waals surface area (Å²) in [5.74, 6) is -0.414. The van der Waals surface area contributed by atoms with Crippen molar-refractivity contribution in [3.05, 3.63) is 12.2 Å². The Morgan fingerprint density at radius 2 is 0.595 bits per heavy atom. The SMILES string of the molecule is C=C(C)C(=O)OCCOCCOCCOCCOCCOCCOCCOCCOCCOCCOCCOCCO. The number of ether oxygens (including phenoxy) is 12. The molecule has 250 valence electrons. The minimum absolute atomic E-state index is 0.0219. The Hall–Kier alpha value is -1.27. The van der Waals surface area contributed by atoms with Crippen molar-refractivity contribution >= 4 is 5.97 Å². The summed E-state index contributed by atoms with van der Waals surface area (Å²) in [5, 5.41) is 8.57. The first kappa shape index (κ1) is 40.7. The molecule has 14 heteroatoms. The van der Waals surface area contributed by atoms with Gasteiger partial charge in [-0.15, -0.1) is 0 Å². The fourth-order valence-corrected chi connectivity index (χ4v) is 2.68. The van der Waals surface area contributed by atoms with Crippen molar-refractivity contribution in [2.45, 2.75) is 6.92 Å². The summed E-state index contributed by atoms with van der Waals surface area (Å²) in [6, 6.07) is 0. The Balaban J connectivity index is 3.06. The van der Waals surface area contributed by atoms with Gasteiger partial charge in [0.2, 0.25) is 0 Å². The molecule has 0 fully saturated rings. The van der Waals surface area contributed by atoms with Crippen LogP contribution in [0.2, 0.25) is 0 Å². The van der Waals surface area contributed by atoms with E-state index in [9.17, 15) is 4.79 Å². The van der Waals surface area contributed by atoms with Gasteiger partial charge in [0.15, 0.2) is 0 Å². The highest BCUT2D eigenvalue weighted by molar-refractivity contribution is 5.86. The fraction of sp³-hybridized carbons (Fsp3) is 0.893. The van der Waals surface area contributed by atoms with Crippen molar-refractivity contribution in [2.75, 3.05) is 159 Å². The quantitative estimate of drug-likeness (QED) is 0.0585. The largest absolute Gasteiger partial charge is 0.460 e. The maximum absolute atomic E-state index is 11.2. The molecule has 1 N–H and O–H groups in total. The first-order chi connectivity index (χ1) is 20.7. The number of carbonyl (C=O) groups is 1. The highest BCUT2D eigenvalue weighted by Crippen LogP contribution is 1.92. The molecule has 0 heterocycles. The van der Waals surface area contributed by atoms with Gasteiger partial charge in [0, 0.05) is 5.57 Å². The third kappa shape index (κ3) is 34.9. The van der Waals surface area contributed by atoms with Crippen molar-refractivity contribution in [3.8, 4) is 0 Å². The van der Waals surface area contributed by atoms with Crippen molar-refractivity contribution in [3.63, 3.8) is 0 Å². The van der Waals surface area contributed by atoms with Crippen LogP contribution in [0.5, 0.6) is 0 Å². The molecule has 0 amide bonds. The number of aliphatic hydroxyl groups is 1. The van der Waals surface area contributed by atoms with Crippen molar-refractivity contribution in [1.82, 2.24) is 0 Å². The topological polar surface area (TPSA) is 148 Å². The molecule has 0 aliphatic heterocycles. The number of rotatable bonds is 36. The zero-order valence-corrected chi connectivity index (χ0v) is 25.4. The van der Waals surface area contributed by atoms with Crippen LogP contribution >= 0.6 is 0 Å². The van der Waals surface area contributed by atoms with Gasteiger partial charge >= 0.3 is 5.97 Å². The normalized spacial score (nSPS) is 11.3. The molecule has 0 aromatic rings. The average Bonchev–Trinajstić information content (AvgIpc) is 2.99. The van der Waals surface area contributed by atoms with E-state index in [0.29, 0.717) is 151 Å². The zero-order valence-electron chi connectivity index (χ0n) is 25.4. The van der Waals surface area contributed by atoms with Crippen LogP contribution in [-0.4, -0.2) is 170 Å². The average molecular weight is 615 g/mol. The Labute approximate surface area is 250 Å². The first-order valence-electron chi connectivity index (χ1n) is 14.5. The lowest BCUT2D eigenvalue weighted by atomic mass is 10.4. The van der Waals surface area contributed by atoms with Crippen LogP contribution in [-0.2, 0) is 61.6 Å². The molecule has 0 atom stereocenters. The molecule has 0 aliphatic rings. The minimum Gasteiger partial charge on any atom is -0.460 e. The van der Waals surface area contributed by atoms with Crippen LogP contribution in [0.15, 0.2) is 12.2 Å². The lowest BCUT2D eigenvalue weighted by Crippen LogP contribution is -2.15. The molecule has 0 spiro atoms. The summed E-state index contributed by atoms with van der Waals surface area (Å²) in [5.41, 5.74) is 0.368. The van der Waals surface area contributed by atoms with Crippen LogP contribution in [0.1, 0.15) is 6.92 Å². The third-order valence-electron chi connectivity index (χ3n) is 4.76. The van der Waals surface area contributed by atoms with E-state index in [2.05, 4.69) is 6.58 Å². The second kappa shape index (κ2) is 35.9. The number of hydrogen-bond donors (Lipinski definition) is 1. The fourth-order valence-electron chi connectivity index (χ4n) is 2.68. The number of aliphatic hydroxyl groups excluding tert-OH is 1. The molecule has 42 heavy (non-hydrogen) atoms. The molecule has 0 saturated carbocycles. The predicted octanol–water partition coefficient (Wildman–Crippen LogP) is 0.281. The molecular formula is C28H54O14. The smallest absolute Gasteiger partial charge is 0.333 e. The van der Waals surface area contributed by atoms with E-state index in [1.54, 1.807) is 6.92 Å². The summed E-state index contributed by atoms with van der Waals surface area (Å²) in [6.07, 6.45) is 0. The van der Waals surface area contributed by atoms with E-state index in [4.69, 9.17) is 61.9 Å². The lowest BCUT2D eigenvalue weighted by molar-refractivity contribution is -0.140. The number of carbonyl (C=O) groups excluding carboxylic acids is 1. The van der Waals surface area contributed by atoms with Gasteiger partial charge in [0.1, 0.15) is 6.61 Å². The number of esters is 1. The van der Waals surface area contributed by atoms with Gasteiger partial charge in [-0.05, 0) is 6.92 Å². The molecule has 0 aromatic heterocycles. The molecule has 0 unspecified atom stereocenters. The van der Waals surface area contributed by atoms with Gasteiger partial charge in [0.25, 0.3) is 0 Å².